The molecule has 3 N–H and O–H groups in total. The molecular weight excluding hydrogens is 280 g/mol. The molecule has 0 atom stereocenters. The Kier molecular flexibility index (Phi) is 5.54. The number of ether oxygens (including phenoxy) is 1. The molecule has 0 unspecified atom stereocenters. The normalized spacial score (nSPS) is 23.0. The Morgan fingerprint density at radius 1 is 1.25 bits per heavy atom. The highest BCUT2D eigenvalue weighted by Crippen LogP contribution is 2.30. The van der Waals surface area contributed by atoms with Crippen molar-refractivity contribution in [2.24, 2.45) is 5.41 Å². The molecule has 2 heterocycles. The van der Waals surface area contributed by atoms with Crippen molar-refractivity contribution in [3.63, 3.8) is 0 Å². The van der Waals surface area contributed by atoms with Gasteiger partial charge in [-0.1, -0.05) is 0 Å². The minimum Gasteiger partial charge on any atom is -0.481 e. The number of carbonyl (C=O) groups is 2. The van der Waals surface area contributed by atoms with Gasteiger partial charge in [0.2, 0.25) is 0 Å². The van der Waals surface area contributed by atoms with Crippen molar-refractivity contribution in [1.29, 1.82) is 0 Å². The monoisotopic (exact) mass is 302 g/mol. The Balaban J connectivity index is 1.79. The average Bonchev–Trinajstić information content (AvgIpc) is 2.47. The lowest BCUT2D eigenvalue weighted by atomic mass is 9.80. The van der Waals surface area contributed by atoms with Crippen LogP contribution in [0.25, 0.3) is 0 Å². The van der Waals surface area contributed by atoms with Crippen LogP contribution in [0.3, 0.4) is 0 Å². The molecule has 2 rings (SSSR count). The second-order valence-corrected chi connectivity index (χ2v) is 6.64. The summed E-state index contributed by atoms with van der Waals surface area (Å²) in [6.07, 6.45) is 2.86. The summed E-state index contributed by atoms with van der Waals surface area (Å²) in [5, 5.41) is 15.0. The number of carbonyl (C=O) groups excluding carboxylic acids is 1. The largest absolute Gasteiger partial charge is 0.481 e. The molecule has 0 aromatic rings. The van der Waals surface area contributed by atoms with Gasteiger partial charge in [-0.3, -0.25) is 4.79 Å². The van der Waals surface area contributed by atoms with E-state index in [9.17, 15) is 14.7 Å². The molecule has 7 heteroatoms. The Hall–Kier alpha value is -0.950. The molecule has 2 aliphatic heterocycles. The summed E-state index contributed by atoms with van der Waals surface area (Å²) in [6, 6.07) is -0.0410. The van der Waals surface area contributed by atoms with Crippen LogP contribution in [-0.2, 0) is 9.53 Å². The van der Waals surface area contributed by atoms with Crippen LogP contribution < -0.4 is 10.6 Å². The highest BCUT2D eigenvalue weighted by Gasteiger charge is 2.40. The van der Waals surface area contributed by atoms with Crippen LogP contribution in [0.1, 0.15) is 25.7 Å². The molecule has 0 saturated carbocycles. The minimum atomic E-state index is -0.877. The van der Waals surface area contributed by atoms with Crippen molar-refractivity contribution in [2.45, 2.75) is 31.7 Å². The van der Waals surface area contributed by atoms with Crippen molar-refractivity contribution >= 4 is 23.8 Å². The summed E-state index contributed by atoms with van der Waals surface area (Å²) >= 11 is 1.90. The maximum atomic E-state index is 11.9. The quantitative estimate of drug-likeness (QED) is 0.723. The van der Waals surface area contributed by atoms with Crippen LogP contribution in [0.2, 0.25) is 0 Å². The lowest BCUT2D eigenvalue weighted by Gasteiger charge is -2.33. The number of urea groups is 1. The number of thioether (sulfide) groups is 1. The van der Waals surface area contributed by atoms with Crippen molar-refractivity contribution < 1.29 is 19.4 Å². The molecule has 2 fully saturated rings. The number of hydrogen-bond donors (Lipinski definition) is 3. The number of aliphatic carboxylic acids is 1. The van der Waals surface area contributed by atoms with Gasteiger partial charge in [0.05, 0.1) is 5.41 Å². The molecule has 0 aliphatic carbocycles. The van der Waals surface area contributed by atoms with Gasteiger partial charge in [0.15, 0.2) is 0 Å². The van der Waals surface area contributed by atoms with Gasteiger partial charge in [0.25, 0.3) is 0 Å². The maximum absolute atomic E-state index is 11.9. The zero-order valence-corrected chi connectivity index (χ0v) is 12.3. The van der Waals surface area contributed by atoms with Crippen LogP contribution in [0.5, 0.6) is 0 Å². The van der Waals surface area contributed by atoms with Gasteiger partial charge in [-0.2, -0.15) is 11.8 Å². The third-order valence-corrected chi connectivity index (χ3v) is 5.10. The standard InChI is InChI=1S/C13H22N2O4S/c16-11(17)13(3-5-19-6-4-13)9-14-12(18)15-10-1-7-20-8-2-10/h10H,1-9H2,(H,16,17)(H2,14,15,18). The average molecular weight is 302 g/mol. The van der Waals surface area contributed by atoms with E-state index in [0.717, 1.165) is 24.3 Å². The van der Waals surface area contributed by atoms with Crippen LogP contribution in [0.15, 0.2) is 0 Å². The molecule has 20 heavy (non-hydrogen) atoms. The van der Waals surface area contributed by atoms with Gasteiger partial charge in [-0.25, -0.2) is 4.79 Å². The maximum Gasteiger partial charge on any atom is 0.315 e. The molecule has 2 aliphatic rings. The first-order valence-electron chi connectivity index (χ1n) is 7.06. The van der Waals surface area contributed by atoms with Gasteiger partial charge >= 0.3 is 12.0 Å². The number of hydrogen-bond acceptors (Lipinski definition) is 4. The molecule has 6 nitrogen and oxygen atoms in total. The topological polar surface area (TPSA) is 87.7 Å². The summed E-state index contributed by atoms with van der Waals surface area (Å²) in [4.78, 5) is 23.3. The third-order valence-electron chi connectivity index (χ3n) is 4.05. The van der Waals surface area contributed by atoms with Crippen molar-refractivity contribution in [3.8, 4) is 0 Å². The predicted molar refractivity (Wildman–Crippen MR) is 77.0 cm³/mol. The number of nitrogens with one attached hydrogen (secondary N) is 2. The Morgan fingerprint density at radius 2 is 1.90 bits per heavy atom. The molecule has 2 saturated heterocycles. The molecule has 2 amide bonds. The fourth-order valence-corrected chi connectivity index (χ4v) is 3.66. The van der Waals surface area contributed by atoms with Gasteiger partial charge < -0.3 is 20.5 Å². The summed E-state index contributed by atoms with van der Waals surface area (Å²) in [7, 11) is 0. The summed E-state index contributed by atoms with van der Waals surface area (Å²) < 4.78 is 5.21. The fourth-order valence-electron chi connectivity index (χ4n) is 2.56. The SMILES string of the molecule is O=C(NCC1(C(=O)O)CCOCC1)NC1CCSCC1. The smallest absolute Gasteiger partial charge is 0.315 e. The Labute approximate surface area is 123 Å². The van der Waals surface area contributed by atoms with Crippen molar-refractivity contribution in [3.05, 3.63) is 0 Å². The van der Waals surface area contributed by atoms with Gasteiger partial charge in [-0.15, -0.1) is 0 Å². The summed E-state index contributed by atoms with van der Waals surface area (Å²) in [5.74, 6) is 1.29. The number of amides is 2. The molecule has 0 bridgehead atoms. The molecular formula is C13H22N2O4S. The van der Waals surface area contributed by atoms with Gasteiger partial charge in [-0.05, 0) is 37.2 Å². The molecule has 0 spiro atoms. The first kappa shape index (κ1) is 15.4. The molecule has 0 aromatic carbocycles. The van der Waals surface area contributed by atoms with E-state index in [1.165, 1.54) is 0 Å². The van der Waals surface area contributed by atoms with Crippen LogP contribution >= 0.6 is 11.8 Å². The lowest BCUT2D eigenvalue weighted by molar-refractivity contribution is -0.154. The third kappa shape index (κ3) is 4.02. The minimum absolute atomic E-state index is 0.166. The first-order valence-corrected chi connectivity index (χ1v) is 8.21. The molecule has 114 valence electrons. The van der Waals surface area contributed by atoms with E-state index in [1.807, 2.05) is 11.8 Å². The van der Waals surface area contributed by atoms with E-state index in [-0.39, 0.29) is 18.6 Å². The van der Waals surface area contributed by atoms with E-state index in [0.29, 0.717) is 26.1 Å². The summed E-state index contributed by atoms with van der Waals surface area (Å²) in [5.41, 5.74) is -0.877. The highest BCUT2D eigenvalue weighted by atomic mass is 32.2. The van der Waals surface area contributed by atoms with E-state index in [1.54, 1.807) is 0 Å². The van der Waals surface area contributed by atoms with E-state index in [4.69, 9.17) is 4.74 Å². The van der Waals surface area contributed by atoms with Crippen LogP contribution in [-0.4, -0.2) is 54.4 Å². The Morgan fingerprint density at radius 3 is 2.50 bits per heavy atom. The van der Waals surface area contributed by atoms with E-state index < -0.39 is 11.4 Å². The van der Waals surface area contributed by atoms with Crippen molar-refractivity contribution in [2.75, 3.05) is 31.3 Å². The zero-order chi connectivity index (χ0) is 14.4. The van der Waals surface area contributed by atoms with Crippen LogP contribution in [0, 0.1) is 5.41 Å². The number of rotatable bonds is 4. The predicted octanol–water partition coefficient (Wildman–Crippen LogP) is 1.06. The summed E-state index contributed by atoms with van der Waals surface area (Å²) in [6.45, 7) is 1.05. The zero-order valence-electron chi connectivity index (χ0n) is 11.5. The van der Waals surface area contributed by atoms with Gasteiger partial charge in [0, 0.05) is 25.8 Å². The molecule has 0 radical (unpaired) electrons. The lowest BCUT2D eigenvalue weighted by Crippen LogP contribution is -2.50. The van der Waals surface area contributed by atoms with Crippen LogP contribution in [0.4, 0.5) is 4.79 Å². The van der Waals surface area contributed by atoms with E-state index in [2.05, 4.69) is 10.6 Å². The second-order valence-electron chi connectivity index (χ2n) is 5.41. The number of carboxylic acid groups (broad SMARTS) is 1. The number of carboxylic acids is 1. The van der Waals surface area contributed by atoms with Crippen molar-refractivity contribution in [1.82, 2.24) is 10.6 Å². The fraction of sp³-hybridized carbons (Fsp3) is 0.846. The van der Waals surface area contributed by atoms with E-state index >= 15 is 0 Å². The second kappa shape index (κ2) is 7.17. The Bertz CT molecular complexity index is 352. The highest BCUT2D eigenvalue weighted by molar-refractivity contribution is 7.99. The first-order chi connectivity index (χ1) is 9.62. The molecule has 0 aromatic heterocycles. The van der Waals surface area contributed by atoms with Gasteiger partial charge in [0.1, 0.15) is 0 Å².